The van der Waals surface area contributed by atoms with Gasteiger partial charge in [-0.1, -0.05) is 31.9 Å². The number of anilines is 2. The fraction of sp³-hybridized carbons (Fsp3) is 0.414. The van der Waals surface area contributed by atoms with Crippen LogP contribution >= 0.6 is 11.6 Å². The summed E-state index contributed by atoms with van der Waals surface area (Å²) in [6.45, 7) is 9.08. The van der Waals surface area contributed by atoms with E-state index in [1.165, 1.54) is 0 Å². The summed E-state index contributed by atoms with van der Waals surface area (Å²) in [7, 11) is 2.89. The van der Waals surface area contributed by atoms with E-state index in [2.05, 4.69) is 28.8 Å². The molecule has 0 radical (unpaired) electrons. The van der Waals surface area contributed by atoms with Crippen LogP contribution in [0.4, 0.5) is 11.5 Å². The molecule has 0 fully saturated rings. The predicted octanol–water partition coefficient (Wildman–Crippen LogP) is 6.99. The number of aromatic nitrogens is 4. The summed E-state index contributed by atoms with van der Waals surface area (Å²) in [5.41, 5.74) is 3.92. The summed E-state index contributed by atoms with van der Waals surface area (Å²) in [4.78, 5) is 22.5. The fourth-order valence-electron chi connectivity index (χ4n) is 4.40. The van der Waals surface area contributed by atoms with Crippen molar-refractivity contribution in [1.82, 2.24) is 19.7 Å². The fourth-order valence-corrected chi connectivity index (χ4v) is 5.49. The number of hydrogen-bond donors (Lipinski definition) is 1. The Labute approximate surface area is 236 Å². The number of methoxy groups -OCH3 is 2. The zero-order chi connectivity index (χ0) is 28.4. The van der Waals surface area contributed by atoms with E-state index in [0.717, 1.165) is 47.4 Å². The Morgan fingerprint density at radius 2 is 1.74 bits per heavy atom. The lowest BCUT2D eigenvalue weighted by Crippen LogP contribution is -2.39. The molecule has 4 aromatic rings. The molecule has 3 aromatic heterocycles. The van der Waals surface area contributed by atoms with Gasteiger partial charge in [0.2, 0.25) is 0 Å². The number of ether oxygens (including phenoxy) is 2. The first kappa shape index (κ1) is 28.9. The third kappa shape index (κ3) is 6.37. The maximum absolute atomic E-state index is 10.7. The van der Waals surface area contributed by atoms with Gasteiger partial charge in [-0.25, -0.2) is 4.98 Å². The molecule has 208 valence electrons. The smallest absolute Gasteiger partial charge is 0.188 e. The zero-order valence-corrected chi connectivity index (χ0v) is 25.6. The number of aryl methyl sites for hydroxylation is 1. The molecule has 0 spiro atoms. The van der Waals surface area contributed by atoms with Gasteiger partial charge in [-0.2, -0.15) is 5.10 Å². The number of rotatable bonds is 11. The second-order valence-electron chi connectivity index (χ2n) is 11.0. The van der Waals surface area contributed by atoms with E-state index in [1.807, 2.05) is 56.7 Å². The van der Waals surface area contributed by atoms with E-state index in [0.29, 0.717) is 28.6 Å². The number of hydrogen-bond acceptors (Lipinski definition) is 7. The second-order valence-corrected chi connectivity index (χ2v) is 15.9. The maximum atomic E-state index is 10.7. The highest BCUT2D eigenvalue weighted by molar-refractivity contribution is 6.72. The van der Waals surface area contributed by atoms with Crippen LogP contribution in [0.5, 0.6) is 11.5 Å². The van der Waals surface area contributed by atoms with Crippen LogP contribution in [0.15, 0.2) is 48.9 Å². The van der Waals surface area contributed by atoms with Gasteiger partial charge in [0.1, 0.15) is 22.8 Å². The minimum atomic E-state index is -2.27. The molecule has 1 aromatic carbocycles. The second kappa shape index (κ2) is 11.5. The quantitative estimate of drug-likeness (QED) is 0.154. The molecule has 0 bridgehead atoms. The molecular formula is C29H38ClN5O3Si. The first-order valence-electron chi connectivity index (χ1n) is 13.1. The Balaban J connectivity index is 1.72. The Hall–Kier alpha value is -3.14. The highest BCUT2D eigenvalue weighted by atomic mass is 35.5. The van der Waals surface area contributed by atoms with Crippen molar-refractivity contribution in [3.63, 3.8) is 0 Å². The molecular weight excluding hydrogens is 530 g/mol. The number of benzene rings is 1. The van der Waals surface area contributed by atoms with E-state index >= 15 is 0 Å². The van der Waals surface area contributed by atoms with Gasteiger partial charge in [0.05, 0.1) is 31.0 Å². The van der Waals surface area contributed by atoms with Crippen LogP contribution in [0, 0.1) is 0 Å². The van der Waals surface area contributed by atoms with Crippen LogP contribution in [-0.2, 0) is 7.05 Å². The summed E-state index contributed by atoms with van der Waals surface area (Å²) < 4.78 is 12.9. The lowest BCUT2D eigenvalue weighted by atomic mass is 10.0. The molecule has 1 N–H and O–H groups in total. The number of fused-ring (bicyclic) bond motifs is 1. The van der Waals surface area contributed by atoms with Crippen molar-refractivity contribution in [1.29, 1.82) is 0 Å². The third-order valence-electron chi connectivity index (χ3n) is 7.67. The van der Waals surface area contributed by atoms with Gasteiger partial charge in [-0.3, -0.25) is 9.67 Å². The normalized spacial score (nSPS) is 12.1. The summed E-state index contributed by atoms with van der Waals surface area (Å²) in [5, 5.41) is 4.74. The zero-order valence-electron chi connectivity index (χ0n) is 23.8. The first-order chi connectivity index (χ1) is 18.4. The van der Waals surface area contributed by atoms with E-state index in [4.69, 9.17) is 26.1 Å². The molecule has 0 saturated carbocycles. The number of halogens is 1. The largest absolute Gasteiger partial charge is 0.497 e. The molecule has 0 aliphatic rings. The number of unbranched alkanes of at least 4 members (excludes halogenated alkanes) is 1. The van der Waals surface area contributed by atoms with Crippen LogP contribution < -0.4 is 14.4 Å². The van der Waals surface area contributed by atoms with Gasteiger partial charge in [0.25, 0.3) is 0 Å². The van der Waals surface area contributed by atoms with Crippen molar-refractivity contribution >= 4 is 42.5 Å². The Morgan fingerprint density at radius 3 is 2.33 bits per heavy atom. The van der Waals surface area contributed by atoms with Gasteiger partial charge in [0.15, 0.2) is 8.32 Å². The van der Waals surface area contributed by atoms with Crippen LogP contribution in [0.2, 0.25) is 23.2 Å². The standard InChI is InChI=1S/C29H38ClN5O3Si/c1-29(2,39(6,7)36)12-8-9-13-35(21-14-22(37-4)16-23(15-21)38-5)26-11-10-25-28(33-26)27(30)24(18-31-25)20-17-32-34(3)19-20/h10-11,14-19,36H,8-9,12-13H2,1-7H3. The van der Waals surface area contributed by atoms with E-state index in [9.17, 15) is 4.80 Å². The summed E-state index contributed by atoms with van der Waals surface area (Å²) in [5.74, 6) is 2.15. The molecule has 39 heavy (non-hydrogen) atoms. The van der Waals surface area contributed by atoms with Crippen LogP contribution in [0.3, 0.4) is 0 Å². The maximum Gasteiger partial charge on any atom is 0.188 e. The monoisotopic (exact) mass is 567 g/mol. The van der Waals surface area contributed by atoms with E-state index in [-0.39, 0.29) is 5.04 Å². The van der Waals surface area contributed by atoms with E-state index in [1.54, 1.807) is 31.3 Å². The molecule has 0 aliphatic carbocycles. The van der Waals surface area contributed by atoms with Crippen molar-refractivity contribution in [2.24, 2.45) is 7.05 Å². The average molecular weight is 568 g/mol. The predicted molar refractivity (Wildman–Crippen MR) is 161 cm³/mol. The van der Waals surface area contributed by atoms with Gasteiger partial charge in [0, 0.05) is 61.0 Å². The van der Waals surface area contributed by atoms with Gasteiger partial charge in [-0.05, 0) is 43.1 Å². The lowest BCUT2D eigenvalue weighted by molar-refractivity contribution is 0.394. The first-order valence-corrected chi connectivity index (χ1v) is 16.4. The molecule has 8 nitrogen and oxygen atoms in total. The molecule has 0 amide bonds. The third-order valence-corrected chi connectivity index (χ3v) is 11.6. The number of nitrogens with zero attached hydrogens (tertiary/aromatic N) is 5. The summed E-state index contributed by atoms with van der Waals surface area (Å²) >= 11 is 6.91. The molecule has 0 atom stereocenters. The van der Waals surface area contributed by atoms with Crippen LogP contribution in [-0.4, -0.2) is 53.6 Å². The molecule has 10 heteroatoms. The topological polar surface area (TPSA) is 85.5 Å². The van der Waals surface area contributed by atoms with Crippen LogP contribution in [0.25, 0.3) is 22.2 Å². The van der Waals surface area contributed by atoms with Crippen molar-refractivity contribution in [3.05, 3.63) is 53.9 Å². The minimum Gasteiger partial charge on any atom is -0.497 e. The average Bonchev–Trinajstić information content (AvgIpc) is 3.33. The molecule has 0 aliphatic heterocycles. The van der Waals surface area contributed by atoms with E-state index < -0.39 is 8.32 Å². The highest BCUT2D eigenvalue weighted by Crippen LogP contribution is 2.41. The van der Waals surface area contributed by atoms with Crippen molar-refractivity contribution in [2.75, 3.05) is 25.7 Å². The molecule has 3 heterocycles. The molecule has 0 saturated heterocycles. The number of pyridine rings is 2. The van der Waals surface area contributed by atoms with Crippen LogP contribution in [0.1, 0.15) is 33.1 Å². The summed E-state index contributed by atoms with van der Waals surface area (Å²) in [6.07, 6.45) is 8.28. The Bertz CT molecular complexity index is 1430. The lowest BCUT2D eigenvalue weighted by Gasteiger charge is -2.35. The van der Waals surface area contributed by atoms with Crippen molar-refractivity contribution < 1.29 is 14.3 Å². The van der Waals surface area contributed by atoms with Gasteiger partial charge in [-0.15, -0.1) is 0 Å². The summed E-state index contributed by atoms with van der Waals surface area (Å²) in [6, 6.07) is 9.73. The van der Waals surface area contributed by atoms with Gasteiger partial charge < -0.3 is 19.2 Å². The van der Waals surface area contributed by atoms with Crippen molar-refractivity contribution in [3.8, 4) is 22.6 Å². The minimum absolute atomic E-state index is 0.0693. The highest BCUT2D eigenvalue weighted by Gasteiger charge is 2.37. The Morgan fingerprint density at radius 1 is 1.05 bits per heavy atom. The van der Waals surface area contributed by atoms with Crippen molar-refractivity contribution in [2.45, 2.75) is 51.2 Å². The van der Waals surface area contributed by atoms with Gasteiger partial charge >= 0.3 is 0 Å². The SMILES string of the molecule is COc1cc(OC)cc(N(CCCCC(C)(C)[Si](C)(C)O)c2ccc3ncc(-c4cnn(C)c4)c(Cl)c3n2)c1. The Kier molecular flexibility index (Phi) is 8.53. The molecule has 4 rings (SSSR count). The molecule has 0 unspecified atom stereocenters.